The number of thiophene rings is 1. The predicted molar refractivity (Wildman–Crippen MR) is 132 cm³/mol. The smallest absolute Gasteiger partial charge is 0.271 e. The van der Waals surface area contributed by atoms with Crippen molar-refractivity contribution in [1.29, 1.82) is 0 Å². The molecule has 2 N–H and O–H groups in total. The Morgan fingerprint density at radius 1 is 1.06 bits per heavy atom. The molecule has 0 saturated carbocycles. The SMILES string of the molecule is CC(=O)N1CCN(c2cccc(NS(=O)(=O)c3ccc(CCNC(=O)C(C)(C)C)s3)c2)CC1. The Balaban J connectivity index is 1.60. The van der Waals surface area contributed by atoms with Gasteiger partial charge in [0.25, 0.3) is 10.0 Å². The Morgan fingerprint density at radius 2 is 1.76 bits per heavy atom. The summed E-state index contributed by atoms with van der Waals surface area (Å²) in [5.74, 6) is 0.0409. The number of rotatable bonds is 7. The van der Waals surface area contributed by atoms with Gasteiger partial charge in [0.1, 0.15) is 4.21 Å². The number of nitrogens with one attached hydrogen (secondary N) is 2. The van der Waals surface area contributed by atoms with E-state index in [-0.39, 0.29) is 16.0 Å². The van der Waals surface area contributed by atoms with Gasteiger partial charge in [-0.2, -0.15) is 0 Å². The summed E-state index contributed by atoms with van der Waals surface area (Å²) in [5.41, 5.74) is 0.956. The summed E-state index contributed by atoms with van der Waals surface area (Å²) in [6.45, 7) is 10.3. The summed E-state index contributed by atoms with van der Waals surface area (Å²) < 4.78 is 28.7. The van der Waals surface area contributed by atoms with Crippen molar-refractivity contribution in [1.82, 2.24) is 10.2 Å². The molecule has 0 unspecified atom stereocenters. The van der Waals surface area contributed by atoms with Crippen molar-refractivity contribution < 1.29 is 18.0 Å². The first-order valence-electron chi connectivity index (χ1n) is 11.0. The topological polar surface area (TPSA) is 98.8 Å². The highest BCUT2D eigenvalue weighted by molar-refractivity contribution is 7.94. The molecule has 1 aromatic carbocycles. The lowest BCUT2D eigenvalue weighted by Crippen LogP contribution is -2.48. The zero-order chi connectivity index (χ0) is 24.2. The first-order chi connectivity index (χ1) is 15.5. The summed E-state index contributed by atoms with van der Waals surface area (Å²) in [6.07, 6.45) is 0.573. The van der Waals surface area contributed by atoms with Crippen LogP contribution in [-0.4, -0.2) is 57.9 Å². The zero-order valence-electron chi connectivity index (χ0n) is 19.6. The van der Waals surface area contributed by atoms with Crippen LogP contribution in [0, 0.1) is 5.41 Å². The number of hydrogen-bond acceptors (Lipinski definition) is 6. The second-order valence-corrected chi connectivity index (χ2v) is 12.2. The molecule has 0 atom stereocenters. The van der Waals surface area contributed by atoms with Gasteiger partial charge in [0.2, 0.25) is 11.8 Å². The summed E-state index contributed by atoms with van der Waals surface area (Å²) in [5, 5.41) is 2.88. The number of anilines is 2. The third-order valence-corrected chi connectivity index (χ3v) is 8.45. The van der Waals surface area contributed by atoms with Crippen LogP contribution < -0.4 is 14.9 Å². The molecule has 1 fully saturated rings. The molecule has 0 aliphatic carbocycles. The van der Waals surface area contributed by atoms with Gasteiger partial charge in [0.15, 0.2) is 0 Å². The van der Waals surface area contributed by atoms with Gasteiger partial charge in [-0.05, 0) is 36.8 Å². The maximum absolute atomic E-state index is 12.9. The number of benzene rings is 1. The number of nitrogens with zero attached hydrogens (tertiary/aromatic N) is 2. The quantitative estimate of drug-likeness (QED) is 0.619. The largest absolute Gasteiger partial charge is 0.368 e. The fourth-order valence-electron chi connectivity index (χ4n) is 3.45. The number of amides is 2. The van der Waals surface area contributed by atoms with Crippen LogP contribution in [0.25, 0.3) is 0 Å². The highest BCUT2D eigenvalue weighted by atomic mass is 32.2. The summed E-state index contributed by atoms with van der Waals surface area (Å²) in [4.78, 5) is 28.4. The van der Waals surface area contributed by atoms with Crippen LogP contribution >= 0.6 is 11.3 Å². The normalized spacial score (nSPS) is 14.8. The minimum absolute atomic E-state index is 0.0313. The minimum Gasteiger partial charge on any atom is -0.368 e. The Hall–Kier alpha value is -2.59. The fourth-order valence-corrected chi connectivity index (χ4v) is 5.86. The molecule has 1 aliphatic heterocycles. The molecular weight excluding hydrogens is 460 g/mol. The van der Waals surface area contributed by atoms with Crippen molar-refractivity contribution in [3.05, 3.63) is 41.3 Å². The van der Waals surface area contributed by atoms with Crippen molar-refractivity contribution in [2.75, 3.05) is 42.3 Å². The van der Waals surface area contributed by atoms with Crippen LogP contribution in [0.1, 0.15) is 32.6 Å². The molecule has 10 heteroatoms. The lowest BCUT2D eigenvalue weighted by Gasteiger charge is -2.35. The van der Waals surface area contributed by atoms with Crippen molar-refractivity contribution in [3.63, 3.8) is 0 Å². The van der Waals surface area contributed by atoms with E-state index < -0.39 is 15.4 Å². The van der Waals surface area contributed by atoms with Crippen LogP contribution in [0.5, 0.6) is 0 Å². The average molecular weight is 493 g/mol. The van der Waals surface area contributed by atoms with Crippen molar-refractivity contribution in [3.8, 4) is 0 Å². The predicted octanol–water partition coefficient (Wildman–Crippen LogP) is 2.92. The number of sulfonamides is 1. The summed E-state index contributed by atoms with van der Waals surface area (Å²) in [7, 11) is -3.71. The van der Waals surface area contributed by atoms with Gasteiger partial charge < -0.3 is 15.1 Å². The van der Waals surface area contributed by atoms with E-state index in [4.69, 9.17) is 0 Å². The Morgan fingerprint density at radius 3 is 2.39 bits per heavy atom. The molecular formula is C23H32N4O4S2. The van der Waals surface area contributed by atoms with Gasteiger partial charge in [0.05, 0.1) is 5.69 Å². The van der Waals surface area contributed by atoms with E-state index in [9.17, 15) is 18.0 Å². The van der Waals surface area contributed by atoms with Gasteiger partial charge in [-0.3, -0.25) is 14.3 Å². The highest BCUT2D eigenvalue weighted by Crippen LogP contribution is 2.27. The maximum Gasteiger partial charge on any atom is 0.271 e. The molecule has 0 bridgehead atoms. The lowest BCUT2D eigenvalue weighted by atomic mass is 9.96. The van der Waals surface area contributed by atoms with Gasteiger partial charge in [-0.25, -0.2) is 8.42 Å². The van der Waals surface area contributed by atoms with Crippen LogP contribution in [-0.2, 0) is 26.0 Å². The Bertz CT molecular complexity index is 1100. The third-order valence-electron chi connectivity index (χ3n) is 5.43. The van der Waals surface area contributed by atoms with Crippen LogP contribution in [0.3, 0.4) is 0 Å². The number of carbonyl (C=O) groups excluding carboxylic acids is 2. The molecule has 0 spiro atoms. The van der Waals surface area contributed by atoms with Crippen LogP contribution in [0.2, 0.25) is 0 Å². The summed E-state index contributed by atoms with van der Waals surface area (Å²) >= 11 is 1.20. The number of carbonyl (C=O) groups is 2. The number of hydrogen-bond donors (Lipinski definition) is 2. The molecule has 0 radical (unpaired) electrons. The molecule has 180 valence electrons. The molecule has 2 heterocycles. The zero-order valence-corrected chi connectivity index (χ0v) is 21.2. The molecule has 1 aromatic heterocycles. The monoisotopic (exact) mass is 492 g/mol. The van der Waals surface area contributed by atoms with E-state index in [2.05, 4.69) is 14.9 Å². The van der Waals surface area contributed by atoms with E-state index in [0.29, 0.717) is 44.8 Å². The maximum atomic E-state index is 12.9. The fraction of sp³-hybridized carbons (Fsp3) is 0.478. The standard InChI is InChI=1S/C23H32N4O4S2/c1-17(28)26-12-14-27(15-13-26)19-7-5-6-18(16-19)25-33(30,31)21-9-8-20(32-21)10-11-24-22(29)23(2,3)4/h5-9,16,25H,10-15H2,1-4H3,(H,24,29). The van der Waals surface area contributed by atoms with E-state index in [1.165, 1.54) is 11.3 Å². The van der Waals surface area contributed by atoms with Gasteiger partial charge in [0, 0.05) is 55.6 Å². The van der Waals surface area contributed by atoms with E-state index in [1.54, 1.807) is 25.1 Å². The second kappa shape index (κ2) is 10.1. The Labute approximate surface area is 200 Å². The van der Waals surface area contributed by atoms with Gasteiger partial charge in [-0.15, -0.1) is 11.3 Å². The lowest BCUT2D eigenvalue weighted by molar-refractivity contribution is -0.129. The minimum atomic E-state index is -3.71. The van der Waals surface area contributed by atoms with Crippen molar-refractivity contribution in [2.45, 2.75) is 38.3 Å². The molecule has 33 heavy (non-hydrogen) atoms. The molecule has 3 rings (SSSR count). The molecule has 2 amide bonds. The van der Waals surface area contributed by atoms with E-state index in [0.717, 1.165) is 10.6 Å². The van der Waals surface area contributed by atoms with Crippen LogP contribution in [0.15, 0.2) is 40.6 Å². The van der Waals surface area contributed by atoms with Gasteiger partial charge in [-0.1, -0.05) is 26.8 Å². The van der Waals surface area contributed by atoms with Gasteiger partial charge >= 0.3 is 0 Å². The molecule has 1 saturated heterocycles. The van der Waals surface area contributed by atoms with Crippen LogP contribution in [0.4, 0.5) is 11.4 Å². The van der Waals surface area contributed by atoms with Crippen molar-refractivity contribution in [2.24, 2.45) is 5.41 Å². The first-order valence-corrected chi connectivity index (χ1v) is 13.3. The van der Waals surface area contributed by atoms with Crippen molar-refractivity contribution >= 4 is 44.5 Å². The number of piperazine rings is 1. The van der Waals surface area contributed by atoms with E-state index >= 15 is 0 Å². The average Bonchev–Trinajstić information content (AvgIpc) is 3.23. The first kappa shape index (κ1) is 25.0. The second-order valence-electron chi connectivity index (χ2n) is 9.13. The third kappa shape index (κ3) is 6.70. The molecule has 8 nitrogen and oxygen atoms in total. The van der Waals surface area contributed by atoms with E-state index in [1.807, 2.05) is 43.9 Å². The highest BCUT2D eigenvalue weighted by Gasteiger charge is 2.22. The summed E-state index contributed by atoms with van der Waals surface area (Å²) in [6, 6.07) is 10.7. The molecule has 1 aliphatic rings. The molecule has 2 aromatic rings. The Kier molecular flexibility index (Phi) is 7.69.